The Morgan fingerprint density at radius 2 is 2.04 bits per heavy atom. The van der Waals surface area contributed by atoms with Crippen LogP contribution in [0.5, 0.6) is 0 Å². The lowest BCUT2D eigenvalue weighted by Crippen LogP contribution is -2.49. The molecule has 1 saturated carbocycles. The van der Waals surface area contributed by atoms with E-state index >= 15 is 0 Å². The maximum absolute atomic E-state index is 12.6. The zero-order valence-corrected chi connectivity index (χ0v) is 15.1. The van der Waals surface area contributed by atoms with E-state index in [1.165, 1.54) is 42.1 Å². The van der Waals surface area contributed by atoms with Crippen molar-refractivity contribution < 1.29 is 4.79 Å². The second kappa shape index (κ2) is 6.51. The number of carbonyl (C=O) groups is 1. The van der Waals surface area contributed by atoms with Gasteiger partial charge in [0.05, 0.1) is 9.21 Å². The van der Waals surface area contributed by atoms with Crippen molar-refractivity contribution in [3.63, 3.8) is 0 Å². The molecule has 0 radical (unpaired) electrons. The maximum atomic E-state index is 12.6. The highest BCUT2D eigenvalue weighted by molar-refractivity contribution is 7.23. The van der Waals surface area contributed by atoms with E-state index in [-0.39, 0.29) is 5.91 Å². The van der Waals surface area contributed by atoms with Gasteiger partial charge in [-0.2, -0.15) is 0 Å². The third kappa shape index (κ3) is 3.60. The number of halogens is 1. The molecule has 7 heteroatoms. The molecule has 0 spiro atoms. The Hall–Kier alpha value is -0.950. The molecular formula is C16H18ClN3OS2. The van der Waals surface area contributed by atoms with Crippen LogP contribution in [0.25, 0.3) is 9.88 Å². The predicted molar refractivity (Wildman–Crippen MR) is 95.5 cm³/mol. The van der Waals surface area contributed by atoms with Crippen molar-refractivity contribution in [2.75, 3.05) is 32.7 Å². The van der Waals surface area contributed by atoms with E-state index in [1.807, 2.05) is 22.4 Å². The van der Waals surface area contributed by atoms with Crippen molar-refractivity contribution in [3.8, 4) is 9.88 Å². The molecule has 4 rings (SSSR count). The van der Waals surface area contributed by atoms with Crippen LogP contribution in [0.2, 0.25) is 4.34 Å². The number of thiophene rings is 1. The Morgan fingerprint density at radius 1 is 1.26 bits per heavy atom. The second-order valence-corrected chi connectivity index (χ2v) is 8.75. The SMILES string of the molecule is O=C(c1csc(-c2ccc(Cl)s2)n1)N1CCN(CC2CC2)CC1. The van der Waals surface area contributed by atoms with E-state index in [2.05, 4.69) is 9.88 Å². The van der Waals surface area contributed by atoms with Crippen LogP contribution in [0.3, 0.4) is 0 Å². The van der Waals surface area contributed by atoms with Gasteiger partial charge in [0.1, 0.15) is 10.7 Å². The third-order valence-electron chi connectivity index (χ3n) is 4.38. The van der Waals surface area contributed by atoms with Gasteiger partial charge >= 0.3 is 0 Å². The highest BCUT2D eigenvalue weighted by Gasteiger charge is 2.28. The molecule has 0 bridgehead atoms. The van der Waals surface area contributed by atoms with Gasteiger partial charge in [0.25, 0.3) is 5.91 Å². The van der Waals surface area contributed by atoms with Crippen LogP contribution >= 0.6 is 34.3 Å². The molecule has 1 saturated heterocycles. The number of nitrogens with zero attached hydrogens (tertiary/aromatic N) is 3. The van der Waals surface area contributed by atoms with Crippen LogP contribution in [0.15, 0.2) is 17.5 Å². The fourth-order valence-electron chi connectivity index (χ4n) is 2.88. The molecule has 2 fully saturated rings. The van der Waals surface area contributed by atoms with Crippen LogP contribution in [0.1, 0.15) is 23.3 Å². The molecule has 1 aliphatic carbocycles. The van der Waals surface area contributed by atoms with E-state index in [0.717, 1.165) is 46.3 Å². The maximum Gasteiger partial charge on any atom is 0.273 e. The predicted octanol–water partition coefficient (Wildman–Crippen LogP) is 3.69. The van der Waals surface area contributed by atoms with Crippen LogP contribution in [0, 0.1) is 5.92 Å². The van der Waals surface area contributed by atoms with E-state index in [4.69, 9.17) is 11.6 Å². The summed E-state index contributed by atoms with van der Waals surface area (Å²) < 4.78 is 0.745. The van der Waals surface area contributed by atoms with Gasteiger partial charge in [0, 0.05) is 38.1 Å². The molecular weight excluding hydrogens is 350 g/mol. The molecule has 0 atom stereocenters. The smallest absolute Gasteiger partial charge is 0.273 e. The molecule has 2 aromatic heterocycles. The molecule has 4 nitrogen and oxygen atoms in total. The number of rotatable bonds is 4. The number of hydrogen-bond acceptors (Lipinski definition) is 5. The first kappa shape index (κ1) is 15.6. The van der Waals surface area contributed by atoms with Crippen LogP contribution in [-0.2, 0) is 0 Å². The fraction of sp³-hybridized carbons (Fsp3) is 0.500. The first-order valence-electron chi connectivity index (χ1n) is 7.92. The minimum atomic E-state index is 0.0567. The van der Waals surface area contributed by atoms with Crippen LogP contribution in [-0.4, -0.2) is 53.4 Å². The van der Waals surface area contributed by atoms with Crippen LogP contribution in [0.4, 0.5) is 0 Å². The van der Waals surface area contributed by atoms with Gasteiger partial charge in [0.15, 0.2) is 0 Å². The molecule has 122 valence electrons. The van der Waals surface area contributed by atoms with Crippen molar-refractivity contribution in [2.45, 2.75) is 12.8 Å². The first-order chi connectivity index (χ1) is 11.2. The quantitative estimate of drug-likeness (QED) is 0.826. The van der Waals surface area contributed by atoms with Gasteiger partial charge in [-0.1, -0.05) is 11.6 Å². The Labute approximate surface area is 148 Å². The molecule has 1 aliphatic heterocycles. The highest BCUT2D eigenvalue weighted by atomic mass is 35.5. The minimum absolute atomic E-state index is 0.0567. The summed E-state index contributed by atoms with van der Waals surface area (Å²) in [5.74, 6) is 0.970. The van der Waals surface area contributed by atoms with Crippen molar-refractivity contribution >= 4 is 40.2 Å². The number of piperazine rings is 1. The number of carbonyl (C=O) groups excluding carboxylic acids is 1. The lowest BCUT2D eigenvalue weighted by atomic mass is 10.2. The van der Waals surface area contributed by atoms with Gasteiger partial charge in [-0.05, 0) is 30.9 Å². The van der Waals surface area contributed by atoms with Crippen LogP contribution < -0.4 is 0 Å². The van der Waals surface area contributed by atoms with Crippen molar-refractivity contribution in [3.05, 3.63) is 27.5 Å². The lowest BCUT2D eigenvalue weighted by Gasteiger charge is -2.34. The van der Waals surface area contributed by atoms with E-state index < -0.39 is 0 Å². The largest absolute Gasteiger partial charge is 0.335 e. The zero-order valence-electron chi connectivity index (χ0n) is 12.7. The summed E-state index contributed by atoms with van der Waals surface area (Å²) in [6.07, 6.45) is 2.76. The van der Waals surface area contributed by atoms with Gasteiger partial charge in [-0.15, -0.1) is 22.7 Å². The minimum Gasteiger partial charge on any atom is -0.335 e. The normalized spacial score (nSPS) is 19.3. The third-order valence-corrected chi connectivity index (χ3v) is 6.62. The summed E-state index contributed by atoms with van der Waals surface area (Å²) in [5.41, 5.74) is 0.560. The molecule has 0 unspecified atom stereocenters. The van der Waals surface area contributed by atoms with Crippen molar-refractivity contribution in [2.24, 2.45) is 5.92 Å². The van der Waals surface area contributed by atoms with E-state index in [9.17, 15) is 4.79 Å². The number of thiazole rings is 1. The average Bonchev–Trinajstić information content (AvgIpc) is 3.07. The zero-order chi connectivity index (χ0) is 15.8. The fourth-order valence-corrected chi connectivity index (χ4v) is 4.78. The summed E-state index contributed by atoms with van der Waals surface area (Å²) in [4.78, 5) is 22.6. The number of aromatic nitrogens is 1. The summed E-state index contributed by atoms with van der Waals surface area (Å²) in [7, 11) is 0. The molecule has 2 aliphatic rings. The summed E-state index contributed by atoms with van der Waals surface area (Å²) >= 11 is 8.97. The van der Waals surface area contributed by atoms with Crippen molar-refractivity contribution in [1.82, 2.24) is 14.8 Å². The molecule has 1 amide bonds. The molecule has 3 heterocycles. The Bertz CT molecular complexity index is 702. The van der Waals surface area contributed by atoms with E-state index in [1.54, 1.807) is 0 Å². The molecule has 23 heavy (non-hydrogen) atoms. The Kier molecular flexibility index (Phi) is 4.41. The first-order valence-corrected chi connectivity index (χ1v) is 9.99. The summed E-state index contributed by atoms with van der Waals surface area (Å²) in [6.45, 7) is 4.80. The molecule has 2 aromatic rings. The second-order valence-electron chi connectivity index (χ2n) is 6.18. The summed E-state index contributed by atoms with van der Waals surface area (Å²) in [6, 6.07) is 3.82. The standard InChI is InChI=1S/C16H18ClN3OS2/c17-14-4-3-13(23-14)15-18-12(10-22-15)16(21)20-7-5-19(6-8-20)9-11-1-2-11/h3-4,10-11H,1-2,5-9H2. The van der Waals surface area contributed by atoms with Gasteiger partial charge in [0.2, 0.25) is 0 Å². The van der Waals surface area contributed by atoms with Gasteiger partial charge in [-0.25, -0.2) is 4.98 Å². The lowest BCUT2D eigenvalue weighted by molar-refractivity contribution is 0.0627. The topological polar surface area (TPSA) is 36.4 Å². The summed E-state index contributed by atoms with van der Waals surface area (Å²) in [5, 5.41) is 2.74. The van der Waals surface area contributed by atoms with Crippen molar-refractivity contribution in [1.29, 1.82) is 0 Å². The Balaban J connectivity index is 1.38. The highest BCUT2D eigenvalue weighted by Crippen LogP contribution is 2.33. The van der Waals surface area contributed by atoms with E-state index in [0.29, 0.717) is 5.69 Å². The number of amides is 1. The van der Waals surface area contributed by atoms with Gasteiger partial charge < -0.3 is 4.90 Å². The Morgan fingerprint density at radius 3 is 2.70 bits per heavy atom. The average molecular weight is 368 g/mol. The monoisotopic (exact) mass is 367 g/mol. The molecule has 0 aromatic carbocycles. The van der Waals surface area contributed by atoms with Gasteiger partial charge in [-0.3, -0.25) is 9.69 Å². The molecule has 0 N–H and O–H groups in total. The number of hydrogen-bond donors (Lipinski definition) is 0.